The van der Waals surface area contributed by atoms with Gasteiger partial charge in [0.1, 0.15) is 0 Å². The molecule has 2 amide bonds. The van der Waals surface area contributed by atoms with Crippen LogP contribution < -0.4 is 9.47 Å². The number of hydrogen-bond acceptors (Lipinski definition) is 5. The minimum Gasteiger partial charge on any atom is -0.493 e. The van der Waals surface area contributed by atoms with Crippen LogP contribution in [0.3, 0.4) is 0 Å². The van der Waals surface area contributed by atoms with Gasteiger partial charge in [-0.2, -0.15) is 0 Å². The highest BCUT2D eigenvalue weighted by atomic mass is 35.5. The zero-order valence-corrected chi connectivity index (χ0v) is 21.3. The van der Waals surface area contributed by atoms with Crippen LogP contribution >= 0.6 is 12.4 Å². The van der Waals surface area contributed by atoms with Crippen LogP contribution in [0.1, 0.15) is 36.8 Å². The van der Waals surface area contributed by atoms with Crippen molar-refractivity contribution in [1.29, 1.82) is 0 Å². The molecule has 1 aliphatic carbocycles. The van der Waals surface area contributed by atoms with Crippen LogP contribution in [0.15, 0.2) is 59.7 Å². The summed E-state index contributed by atoms with van der Waals surface area (Å²) in [5.74, 6) is 0.781. The molecular weight excluding hydrogens is 464 g/mol. The number of rotatable bonds is 8. The normalized spacial score (nSPS) is 18.6. The zero-order valence-electron chi connectivity index (χ0n) is 20.5. The van der Waals surface area contributed by atoms with E-state index in [2.05, 4.69) is 0 Å². The van der Waals surface area contributed by atoms with Crippen molar-refractivity contribution in [3.05, 3.63) is 70.8 Å². The Morgan fingerprint density at radius 1 is 0.914 bits per heavy atom. The first-order chi connectivity index (χ1) is 16.5. The number of likely N-dealkylation sites (N-methyl/N-ethyl adjacent to an activating group) is 1. The maximum Gasteiger partial charge on any atom is 0.261 e. The summed E-state index contributed by atoms with van der Waals surface area (Å²) >= 11 is 0. The molecule has 0 bridgehead atoms. The van der Waals surface area contributed by atoms with E-state index < -0.39 is 0 Å². The lowest BCUT2D eigenvalue weighted by molar-refractivity contribution is -0.136. The summed E-state index contributed by atoms with van der Waals surface area (Å²) in [5.41, 5.74) is 2.44. The zero-order chi connectivity index (χ0) is 24.1. The number of methoxy groups -OCH3 is 1. The molecule has 186 valence electrons. The third-order valence-corrected chi connectivity index (χ3v) is 6.22. The Bertz CT molecular complexity index is 1110. The summed E-state index contributed by atoms with van der Waals surface area (Å²) in [6.45, 7) is 0.941. The molecule has 0 N–H and O–H groups in total. The van der Waals surface area contributed by atoms with Crippen LogP contribution in [0.4, 0.5) is 0 Å². The topological polar surface area (TPSA) is 59.1 Å². The van der Waals surface area contributed by atoms with E-state index in [9.17, 15) is 9.59 Å². The third kappa shape index (κ3) is 6.32. The largest absolute Gasteiger partial charge is 0.493 e. The highest BCUT2D eigenvalue weighted by Crippen LogP contribution is 2.34. The van der Waals surface area contributed by atoms with Crippen LogP contribution in [0.25, 0.3) is 12.2 Å². The van der Waals surface area contributed by atoms with Gasteiger partial charge in [-0.3, -0.25) is 14.5 Å². The third-order valence-electron chi connectivity index (χ3n) is 6.22. The number of amides is 2. The van der Waals surface area contributed by atoms with E-state index in [1.807, 2.05) is 67.5 Å². The Balaban J connectivity index is 0.00000342. The number of hydrogen-bond donors (Lipinski definition) is 0. The number of likely N-dealkylation sites (tertiary alicyclic amines) is 1. The second-order valence-electron chi connectivity index (χ2n) is 9.03. The van der Waals surface area contributed by atoms with Crippen molar-refractivity contribution in [2.45, 2.75) is 31.8 Å². The number of carbonyl (C=O) groups excluding carboxylic acids is 2. The van der Waals surface area contributed by atoms with Crippen molar-refractivity contribution in [1.82, 2.24) is 9.80 Å². The molecule has 2 fully saturated rings. The molecule has 35 heavy (non-hydrogen) atoms. The van der Waals surface area contributed by atoms with Crippen molar-refractivity contribution in [2.24, 2.45) is 0 Å². The number of nitrogens with zero attached hydrogens (tertiary/aromatic N) is 2. The van der Waals surface area contributed by atoms with Gasteiger partial charge in [-0.15, -0.1) is 12.4 Å². The van der Waals surface area contributed by atoms with Crippen molar-refractivity contribution >= 4 is 36.4 Å². The lowest BCUT2D eigenvalue weighted by Crippen LogP contribution is -2.35. The Kier molecular flexibility index (Phi) is 9.13. The van der Waals surface area contributed by atoms with Crippen LogP contribution in [0.5, 0.6) is 11.5 Å². The lowest BCUT2D eigenvalue weighted by atomic mass is 10.0. The summed E-state index contributed by atoms with van der Waals surface area (Å²) in [5, 5.41) is 0. The fourth-order valence-corrected chi connectivity index (χ4v) is 4.34. The first-order valence-electron chi connectivity index (χ1n) is 11.8. The predicted molar refractivity (Wildman–Crippen MR) is 141 cm³/mol. The van der Waals surface area contributed by atoms with Crippen LogP contribution in [0.2, 0.25) is 0 Å². The van der Waals surface area contributed by atoms with Crippen LogP contribution in [0, 0.1) is 0 Å². The van der Waals surface area contributed by atoms with E-state index >= 15 is 0 Å². The molecule has 0 unspecified atom stereocenters. The molecular formula is C28H33ClN2O4. The fraction of sp³-hybridized carbons (Fsp3) is 0.357. The summed E-state index contributed by atoms with van der Waals surface area (Å²) < 4.78 is 11.7. The van der Waals surface area contributed by atoms with Crippen LogP contribution in [-0.2, 0) is 9.59 Å². The van der Waals surface area contributed by atoms with Gasteiger partial charge < -0.3 is 14.4 Å². The molecule has 4 rings (SSSR count). The molecule has 0 atom stereocenters. The molecule has 2 aromatic rings. The smallest absolute Gasteiger partial charge is 0.261 e. The molecule has 7 heteroatoms. The van der Waals surface area contributed by atoms with E-state index in [1.54, 1.807) is 19.3 Å². The Hall–Kier alpha value is -3.09. The quantitative estimate of drug-likeness (QED) is 0.387. The Morgan fingerprint density at radius 2 is 1.54 bits per heavy atom. The maximum atomic E-state index is 13.3. The minimum absolute atomic E-state index is 0. The molecule has 1 aliphatic heterocycles. The molecule has 2 aromatic carbocycles. The average molecular weight is 497 g/mol. The molecule has 0 aromatic heterocycles. The first-order valence-corrected chi connectivity index (χ1v) is 11.8. The number of halogens is 1. The summed E-state index contributed by atoms with van der Waals surface area (Å²) in [6, 6.07) is 15.2. The van der Waals surface area contributed by atoms with Crippen LogP contribution in [-0.4, -0.2) is 62.0 Å². The second kappa shape index (κ2) is 12.0. The Morgan fingerprint density at radius 3 is 2.14 bits per heavy atom. The van der Waals surface area contributed by atoms with E-state index in [-0.39, 0.29) is 30.3 Å². The Labute approximate surface area is 213 Å². The van der Waals surface area contributed by atoms with Gasteiger partial charge in [-0.05, 0) is 75.2 Å². The molecule has 2 aliphatic rings. The number of benzene rings is 2. The predicted octanol–water partition coefficient (Wildman–Crippen LogP) is 4.84. The SMILES string of the molecule is COc1cc(C=C2C(=O)N(CCN(C)C)C(=O)C2=Cc2ccccc2)ccc1OC1CCCC1.Cl. The first kappa shape index (κ1) is 26.5. The van der Waals surface area contributed by atoms with Gasteiger partial charge in [-0.1, -0.05) is 36.4 Å². The van der Waals surface area contributed by atoms with Crippen molar-refractivity contribution in [3.63, 3.8) is 0 Å². The van der Waals surface area contributed by atoms with Crippen molar-refractivity contribution in [3.8, 4) is 11.5 Å². The van der Waals surface area contributed by atoms with Gasteiger partial charge >= 0.3 is 0 Å². The average Bonchev–Trinajstić information content (AvgIpc) is 3.42. The van der Waals surface area contributed by atoms with Gasteiger partial charge in [0.05, 0.1) is 24.4 Å². The molecule has 1 heterocycles. The summed E-state index contributed by atoms with van der Waals surface area (Å²) in [7, 11) is 5.45. The van der Waals surface area contributed by atoms with Gasteiger partial charge in [0.15, 0.2) is 11.5 Å². The lowest BCUT2D eigenvalue weighted by Gasteiger charge is -2.16. The molecule has 6 nitrogen and oxygen atoms in total. The molecule has 1 saturated carbocycles. The fourth-order valence-electron chi connectivity index (χ4n) is 4.34. The number of imide groups is 1. The summed E-state index contributed by atoms with van der Waals surface area (Å²) in [4.78, 5) is 29.8. The number of carbonyl (C=O) groups is 2. The molecule has 0 radical (unpaired) electrons. The van der Waals surface area contributed by atoms with Gasteiger partial charge in [-0.25, -0.2) is 0 Å². The maximum absolute atomic E-state index is 13.3. The van der Waals surface area contributed by atoms with E-state index in [0.717, 1.165) is 24.0 Å². The highest BCUT2D eigenvalue weighted by Gasteiger charge is 2.38. The van der Waals surface area contributed by atoms with E-state index in [1.165, 1.54) is 17.7 Å². The summed E-state index contributed by atoms with van der Waals surface area (Å²) in [6.07, 6.45) is 8.27. The van der Waals surface area contributed by atoms with E-state index in [0.29, 0.717) is 35.7 Å². The molecule has 1 saturated heterocycles. The number of ether oxygens (including phenoxy) is 2. The monoisotopic (exact) mass is 496 g/mol. The van der Waals surface area contributed by atoms with Crippen molar-refractivity contribution < 1.29 is 19.1 Å². The van der Waals surface area contributed by atoms with Crippen molar-refractivity contribution in [2.75, 3.05) is 34.3 Å². The second-order valence-corrected chi connectivity index (χ2v) is 9.03. The van der Waals surface area contributed by atoms with Gasteiger partial charge in [0, 0.05) is 13.1 Å². The highest BCUT2D eigenvalue weighted by molar-refractivity contribution is 6.28. The minimum atomic E-state index is -0.278. The standard InChI is InChI=1S/C28H32N2O4.ClH/c1-29(2)15-16-30-27(31)23(17-20-9-5-4-6-10-20)24(28(30)32)18-21-13-14-25(26(19-21)33-3)34-22-11-7-8-12-22;/h4-6,9-10,13-14,17-19,22H,7-8,11-12,15-16H2,1-3H3;1H. The van der Waals surface area contributed by atoms with Gasteiger partial charge in [0.25, 0.3) is 11.8 Å². The molecule has 0 spiro atoms. The van der Waals surface area contributed by atoms with E-state index in [4.69, 9.17) is 9.47 Å². The van der Waals surface area contributed by atoms with Gasteiger partial charge in [0.2, 0.25) is 0 Å².